The average Bonchev–Trinajstić information content (AvgIpc) is 3.07. The number of ether oxygens (including phenoxy) is 1. The van der Waals surface area contributed by atoms with Crippen molar-refractivity contribution in [3.8, 4) is 5.75 Å². The Bertz CT molecular complexity index is 1470. The van der Waals surface area contributed by atoms with Gasteiger partial charge in [-0.1, -0.05) is 18.2 Å². The van der Waals surface area contributed by atoms with E-state index in [0.717, 1.165) is 9.90 Å². The fraction of sp³-hybridized carbons (Fsp3) is 0.0500. The molecule has 142 valence electrons. The molecule has 0 unspecified atom stereocenters. The van der Waals surface area contributed by atoms with Crippen molar-refractivity contribution in [3.05, 3.63) is 65.0 Å². The predicted octanol–water partition coefficient (Wildman–Crippen LogP) is 4.00. The average molecular weight is 386 g/mol. The highest BCUT2D eigenvalue weighted by Gasteiger charge is 2.17. The number of para-hydroxylation sites is 1. The van der Waals surface area contributed by atoms with Gasteiger partial charge >= 0.3 is 0 Å². The molecule has 0 bridgehead atoms. The first-order valence-electron chi connectivity index (χ1n) is 8.70. The Labute approximate surface area is 163 Å². The number of hydrogen-bond donors (Lipinski definition) is 1. The number of aromatic nitrogens is 3. The number of azo groups is 1. The molecular formula is C20H14N6O3. The Kier molecular flexibility index (Phi) is 3.73. The van der Waals surface area contributed by atoms with E-state index in [9.17, 15) is 4.79 Å². The topological polar surface area (TPSA) is 120 Å². The first-order valence-corrected chi connectivity index (χ1v) is 8.70. The van der Waals surface area contributed by atoms with Crippen molar-refractivity contribution in [1.29, 1.82) is 0 Å². The van der Waals surface area contributed by atoms with Crippen molar-refractivity contribution in [2.24, 2.45) is 10.2 Å². The standard InChI is InChI=1S/C20H14N6O3/c1-28-13-8-6-12(7-9-13)23-24-16-17(21)25-26-18(16)22-19-14(20(26)27)10-11-4-2-3-5-15(11)29-19/h2-10H,1H3,(H2,21,25). The second-order valence-corrected chi connectivity index (χ2v) is 6.29. The van der Waals surface area contributed by atoms with Crippen LogP contribution in [0.15, 0.2) is 74.0 Å². The number of nitrogens with zero attached hydrogens (tertiary/aromatic N) is 5. The Hall–Kier alpha value is -4.27. The molecule has 5 aromatic rings. The number of rotatable bonds is 3. The van der Waals surface area contributed by atoms with Crippen LogP contribution in [0.1, 0.15) is 0 Å². The summed E-state index contributed by atoms with van der Waals surface area (Å²) >= 11 is 0. The van der Waals surface area contributed by atoms with Crippen molar-refractivity contribution in [2.45, 2.75) is 0 Å². The number of benzene rings is 2. The molecule has 0 spiro atoms. The monoisotopic (exact) mass is 386 g/mol. The fourth-order valence-corrected chi connectivity index (χ4v) is 3.03. The number of nitrogens with two attached hydrogens (primary N) is 1. The van der Waals surface area contributed by atoms with Crippen LogP contribution in [0.4, 0.5) is 17.2 Å². The molecule has 9 nitrogen and oxygen atoms in total. The normalized spacial score (nSPS) is 11.8. The molecule has 0 atom stereocenters. The molecule has 2 aromatic carbocycles. The summed E-state index contributed by atoms with van der Waals surface area (Å²) in [6.07, 6.45) is 0. The number of fused-ring (bicyclic) bond motifs is 3. The third kappa shape index (κ3) is 2.76. The van der Waals surface area contributed by atoms with E-state index in [4.69, 9.17) is 14.9 Å². The molecule has 0 saturated carbocycles. The van der Waals surface area contributed by atoms with Gasteiger partial charge in [-0.2, -0.15) is 14.6 Å². The van der Waals surface area contributed by atoms with Crippen molar-refractivity contribution in [2.75, 3.05) is 12.8 Å². The van der Waals surface area contributed by atoms with E-state index in [-0.39, 0.29) is 22.9 Å². The van der Waals surface area contributed by atoms with Gasteiger partial charge in [-0.3, -0.25) is 4.79 Å². The number of methoxy groups -OCH3 is 1. The molecule has 3 aromatic heterocycles. The van der Waals surface area contributed by atoms with Gasteiger partial charge in [-0.15, -0.1) is 10.2 Å². The lowest BCUT2D eigenvalue weighted by Gasteiger charge is -2.01. The number of hydrogen-bond acceptors (Lipinski definition) is 8. The van der Waals surface area contributed by atoms with Gasteiger partial charge in [0.1, 0.15) is 16.7 Å². The van der Waals surface area contributed by atoms with Crippen LogP contribution in [-0.4, -0.2) is 21.7 Å². The lowest BCUT2D eigenvalue weighted by molar-refractivity contribution is 0.415. The van der Waals surface area contributed by atoms with E-state index in [2.05, 4.69) is 20.3 Å². The molecule has 29 heavy (non-hydrogen) atoms. The molecule has 5 rings (SSSR count). The van der Waals surface area contributed by atoms with Crippen LogP contribution in [0.5, 0.6) is 5.75 Å². The highest BCUT2D eigenvalue weighted by atomic mass is 16.5. The summed E-state index contributed by atoms with van der Waals surface area (Å²) in [6.45, 7) is 0. The summed E-state index contributed by atoms with van der Waals surface area (Å²) in [4.78, 5) is 17.3. The Morgan fingerprint density at radius 2 is 1.90 bits per heavy atom. The van der Waals surface area contributed by atoms with Gasteiger partial charge in [-0.25, -0.2) is 0 Å². The van der Waals surface area contributed by atoms with Crippen LogP contribution in [0, 0.1) is 0 Å². The molecule has 0 amide bonds. The van der Waals surface area contributed by atoms with Crippen LogP contribution in [0.2, 0.25) is 0 Å². The van der Waals surface area contributed by atoms with E-state index < -0.39 is 5.56 Å². The molecule has 0 aliphatic carbocycles. The maximum atomic E-state index is 12.9. The lowest BCUT2D eigenvalue weighted by atomic mass is 10.2. The smallest absolute Gasteiger partial charge is 0.285 e. The summed E-state index contributed by atoms with van der Waals surface area (Å²) in [6, 6.07) is 16.1. The Morgan fingerprint density at radius 3 is 2.69 bits per heavy atom. The van der Waals surface area contributed by atoms with Crippen molar-refractivity contribution >= 4 is 44.9 Å². The molecule has 3 heterocycles. The van der Waals surface area contributed by atoms with Crippen LogP contribution in [-0.2, 0) is 0 Å². The maximum Gasteiger partial charge on any atom is 0.285 e. The number of nitrogen functional groups attached to an aromatic ring is 1. The zero-order valence-electron chi connectivity index (χ0n) is 15.2. The third-order valence-electron chi connectivity index (χ3n) is 4.49. The van der Waals surface area contributed by atoms with Gasteiger partial charge < -0.3 is 14.9 Å². The molecule has 0 aliphatic heterocycles. The maximum absolute atomic E-state index is 12.9. The van der Waals surface area contributed by atoms with Gasteiger partial charge in [0.05, 0.1) is 12.8 Å². The van der Waals surface area contributed by atoms with Crippen LogP contribution in [0.3, 0.4) is 0 Å². The van der Waals surface area contributed by atoms with E-state index in [1.165, 1.54) is 0 Å². The van der Waals surface area contributed by atoms with Crippen molar-refractivity contribution in [1.82, 2.24) is 14.6 Å². The minimum absolute atomic E-state index is 0.0479. The highest BCUT2D eigenvalue weighted by Crippen LogP contribution is 2.29. The second-order valence-electron chi connectivity index (χ2n) is 6.29. The van der Waals surface area contributed by atoms with E-state index in [1.807, 2.05) is 18.2 Å². The second kappa shape index (κ2) is 6.41. The van der Waals surface area contributed by atoms with Gasteiger partial charge in [0, 0.05) is 5.39 Å². The molecule has 0 aliphatic rings. The molecule has 0 fully saturated rings. The largest absolute Gasteiger partial charge is 0.497 e. The molecule has 2 N–H and O–H groups in total. The van der Waals surface area contributed by atoms with E-state index >= 15 is 0 Å². The van der Waals surface area contributed by atoms with Crippen molar-refractivity contribution < 1.29 is 9.15 Å². The molecule has 9 heteroatoms. The van der Waals surface area contributed by atoms with E-state index in [1.54, 1.807) is 43.5 Å². The summed E-state index contributed by atoms with van der Waals surface area (Å²) in [7, 11) is 1.58. The third-order valence-corrected chi connectivity index (χ3v) is 4.49. The predicted molar refractivity (Wildman–Crippen MR) is 108 cm³/mol. The molecule has 0 radical (unpaired) electrons. The van der Waals surface area contributed by atoms with Gasteiger partial charge in [0.15, 0.2) is 17.2 Å². The zero-order chi connectivity index (χ0) is 20.0. The first-order chi connectivity index (χ1) is 14.1. The minimum atomic E-state index is -0.392. The van der Waals surface area contributed by atoms with Gasteiger partial charge in [-0.05, 0) is 36.4 Å². The Morgan fingerprint density at radius 1 is 1.10 bits per heavy atom. The quantitative estimate of drug-likeness (QED) is 0.370. The van der Waals surface area contributed by atoms with E-state index in [0.29, 0.717) is 22.4 Å². The van der Waals surface area contributed by atoms with Crippen LogP contribution in [0.25, 0.3) is 27.7 Å². The number of anilines is 1. The lowest BCUT2D eigenvalue weighted by Crippen LogP contribution is -2.15. The Balaban J connectivity index is 1.69. The van der Waals surface area contributed by atoms with Crippen LogP contribution < -0.4 is 16.0 Å². The summed E-state index contributed by atoms with van der Waals surface area (Å²) in [5.41, 5.74) is 7.35. The molecular weight excluding hydrogens is 372 g/mol. The summed E-state index contributed by atoms with van der Waals surface area (Å²) < 4.78 is 12.0. The summed E-state index contributed by atoms with van der Waals surface area (Å²) in [5.74, 6) is 0.754. The van der Waals surface area contributed by atoms with Gasteiger partial charge in [0.25, 0.3) is 5.56 Å². The van der Waals surface area contributed by atoms with Gasteiger partial charge in [0.2, 0.25) is 5.71 Å². The SMILES string of the molecule is COc1ccc(N=Nc2c(N)nn3c(=O)c4cc5ccccc5oc4nc23)cc1. The summed E-state index contributed by atoms with van der Waals surface area (Å²) in [5, 5.41) is 13.5. The highest BCUT2D eigenvalue weighted by molar-refractivity contribution is 5.89. The molecule has 0 saturated heterocycles. The minimum Gasteiger partial charge on any atom is -0.497 e. The fourth-order valence-electron chi connectivity index (χ4n) is 3.03. The first kappa shape index (κ1) is 16.9. The van der Waals surface area contributed by atoms with Crippen LogP contribution >= 0.6 is 0 Å². The van der Waals surface area contributed by atoms with Crippen molar-refractivity contribution in [3.63, 3.8) is 0 Å². The zero-order valence-corrected chi connectivity index (χ0v) is 15.2.